The van der Waals surface area contributed by atoms with E-state index in [1.807, 2.05) is 0 Å². The average Bonchev–Trinajstić information content (AvgIpc) is 1.68. The Bertz CT molecular complexity index is 80.5. The maximum atomic E-state index is 10.2. The fourth-order valence-corrected chi connectivity index (χ4v) is 0.237. The van der Waals surface area contributed by atoms with Crippen molar-refractivity contribution < 1.29 is 27.0 Å². The Morgan fingerprint density at radius 3 is 2.25 bits per heavy atom. The molecule has 0 spiro atoms. The molecular weight excluding hydrogens is 144 g/mol. The van der Waals surface area contributed by atoms with Crippen LogP contribution >= 0.6 is 0 Å². The average molecular weight is 152 g/mol. The van der Waals surface area contributed by atoms with Gasteiger partial charge in [-0.3, -0.25) is 4.79 Å². The number of Topliss-reactive ketones (excluding diaryl/α,β-unsaturated/α-hetero) is 1. The van der Waals surface area contributed by atoms with Gasteiger partial charge < -0.3 is 4.79 Å². The summed E-state index contributed by atoms with van der Waals surface area (Å²) in [5.74, 6) is 0.00926. The number of rotatable bonds is 3. The first kappa shape index (κ1) is 10.8. The third-order valence-electron chi connectivity index (χ3n) is 0.705. The summed E-state index contributed by atoms with van der Waals surface area (Å²) in [6.45, 7) is 1.74. The van der Waals surface area contributed by atoms with Gasteiger partial charge in [-0.2, -0.15) is 0 Å². The Kier molecular flexibility index (Phi) is 9.26. The number of hydrogen-bond acceptors (Lipinski definition) is 2. The topological polar surface area (TPSA) is 34.1 Å². The molecule has 0 fully saturated rings. The van der Waals surface area contributed by atoms with Gasteiger partial charge in [0, 0.05) is 23.8 Å². The molecule has 0 saturated carbocycles. The number of carbonyl (C=O) groups is 2. The van der Waals surface area contributed by atoms with Crippen molar-refractivity contribution in [2.75, 3.05) is 0 Å². The minimum atomic E-state index is 0. The third-order valence-corrected chi connectivity index (χ3v) is 0.705. The van der Waals surface area contributed by atoms with Gasteiger partial charge in [-0.05, 0) is 0 Å². The van der Waals surface area contributed by atoms with Crippen molar-refractivity contribution in [2.24, 2.45) is 0 Å². The van der Waals surface area contributed by atoms with Gasteiger partial charge in [0.1, 0.15) is 12.1 Å². The fraction of sp³-hybridized carbons (Fsp3) is 0.600. The minimum Gasteiger partial charge on any atom is -0.303 e. The SMILES string of the molecule is CCC(=O)CC=O.[Cr]. The molecule has 0 unspecified atom stereocenters. The molecule has 0 saturated heterocycles. The van der Waals surface area contributed by atoms with Gasteiger partial charge in [-0.15, -0.1) is 0 Å². The third kappa shape index (κ3) is 5.87. The zero-order valence-electron chi connectivity index (χ0n) is 4.72. The van der Waals surface area contributed by atoms with Crippen molar-refractivity contribution in [3.63, 3.8) is 0 Å². The summed E-state index contributed by atoms with van der Waals surface area (Å²) in [6, 6.07) is 0. The zero-order chi connectivity index (χ0) is 5.70. The normalized spacial score (nSPS) is 7.12. The summed E-state index contributed by atoms with van der Waals surface area (Å²) in [5, 5.41) is 0. The zero-order valence-corrected chi connectivity index (χ0v) is 5.99. The van der Waals surface area contributed by atoms with Gasteiger partial charge >= 0.3 is 0 Å². The first-order valence-corrected chi connectivity index (χ1v) is 2.26. The van der Waals surface area contributed by atoms with E-state index in [0.29, 0.717) is 12.7 Å². The quantitative estimate of drug-likeness (QED) is 0.437. The van der Waals surface area contributed by atoms with Crippen LogP contribution in [-0.4, -0.2) is 12.1 Å². The van der Waals surface area contributed by atoms with E-state index in [1.165, 1.54) is 0 Å². The van der Waals surface area contributed by atoms with E-state index in [1.54, 1.807) is 6.92 Å². The second-order valence-corrected chi connectivity index (χ2v) is 1.26. The summed E-state index contributed by atoms with van der Waals surface area (Å²) in [6.07, 6.45) is 1.18. The molecule has 0 heterocycles. The number of carbonyl (C=O) groups excluding carboxylic acids is 2. The van der Waals surface area contributed by atoms with E-state index in [2.05, 4.69) is 0 Å². The van der Waals surface area contributed by atoms with Gasteiger partial charge in [0.15, 0.2) is 0 Å². The summed E-state index contributed by atoms with van der Waals surface area (Å²) >= 11 is 0. The largest absolute Gasteiger partial charge is 0.303 e. The van der Waals surface area contributed by atoms with Crippen LogP contribution in [0.25, 0.3) is 0 Å². The second kappa shape index (κ2) is 6.87. The molecule has 0 amide bonds. The van der Waals surface area contributed by atoms with E-state index < -0.39 is 0 Å². The predicted molar refractivity (Wildman–Crippen MR) is 26.0 cm³/mol. The van der Waals surface area contributed by atoms with Crippen molar-refractivity contribution >= 4 is 12.1 Å². The van der Waals surface area contributed by atoms with E-state index in [-0.39, 0.29) is 29.6 Å². The first-order chi connectivity index (χ1) is 3.31. The molecule has 3 heteroatoms. The molecule has 0 aliphatic carbocycles. The van der Waals surface area contributed by atoms with Gasteiger partial charge in [-0.25, -0.2) is 0 Å². The molecule has 0 atom stereocenters. The van der Waals surface area contributed by atoms with Crippen LogP contribution in [0.1, 0.15) is 19.8 Å². The Labute approximate surface area is 59.4 Å². The van der Waals surface area contributed by atoms with Crippen molar-refractivity contribution in [1.82, 2.24) is 0 Å². The molecule has 0 aromatic heterocycles. The first-order valence-electron chi connectivity index (χ1n) is 2.26. The van der Waals surface area contributed by atoms with Crippen molar-refractivity contribution in [3.8, 4) is 0 Å². The van der Waals surface area contributed by atoms with Crippen LogP contribution in [0.2, 0.25) is 0 Å². The van der Waals surface area contributed by atoms with Crippen LogP contribution in [0.5, 0.6) is 0 Å². The maximum absolute atomic E-state index is 10.2. The Hall–Kier alpha value is -0.128. The summed E-state index contributed by atoms with van der Waals surface area (Å²) in [4.78, 5) is 19.7. The number of hydrogen-bond donors (Lipinski definition) is 0. The van der Waals surface area contributed by atoms with Crippen LogP contribution in [0.3, 0.4) is 0 Å². The van der Waals surface area contributed by atoms with E-state index in [0.717, 1.165) is 0 Å². The van der Waals surface area contributed by atoms with Gasteiger partial charge in [0.05, 0.1) is 6.42 Å². The molecule has 0 aromatic carbocycles. The summed E-state index contributed by atoms with van der Waals surface area (Å²) in [5.41, 5.74) is 0. The molecule has 8 heavy (non-hydrogen) atoms. The van der Waals surface area contributed by atoms with Gasteiger partial charge in [0.2, 0.25) is 0 Å². The molecule has 0 rings (SSSR count). The molecular formula is C5H8CrO2. The Morgan fingerprint density at radius 2 is 2.12 bits per heavy atom. The molecule has 2 nitrogen and oxygen atoms in total. The van der Waals surface area contributed by atoms with Crippen LogP contribution < -0.4 is 0 Å². The smallest absolute Gasteiger partial charge is 0.139 e. The molecule has 0 radical (unpaired) electrons. The van der Waals surface area contributed by atoms with E-state index >= 15 is 0 Å². The van der Waals surface area contributed by atoms with E-state index in [9.17, 15) is 9.59 Å². The van der Waals surface area contributed by atoms with E-state index in [4.69, 9.17) is 0 Å². The molecule has 0 bridgehead atoms. The maximum Gasteiger partial charge on any atom is 0.139 e. The standard InChI is InChI=1S/C5H8O2.Cr/c1-2-5(7)3-4-6;/h4H,2-3H2,1H3;. The van der Waals surface area contributed by atoms with Crippen LogP contribution in [0, 0.1) is 0 Å². The predicted octanol–water partition coefficient (Wildman–Crippen LogP) is 0.552. The monoisotopic (exact) mass is 152 g/mol. The molecule has 46 valence electrons. The van der Waals surface area contributed by atoms with Crippen LogP contribution in [0.15, 0.2) is 0 Å². The van der Waals surface area contributed by atoms with Crippen LogP contribution in [0.4, 0.5) is 0 Å². The number of ketones is 1. The van der Waals surface area contributed by atoms with Crippen molar-refractivity contribution in [2.45, 2.75) is 19.8 Å². The Morgan fingerprint density at radius 1 is 1.62 bits per heavy atom. The molecule has 0 aromatic rings. The Balaban J connectivity index is 0. The number of aldehydes is 1. The molecule has 0 aliphatic rings. The molecule has 0 N–H and O–H groups in total. The van der Waals surface area contributed by atoms with Crippen molar-refractivity contribution in [1.29, 1.82) is 0 Å². The second-order valence-electron chi connectivity index (χ2n) is 1.26. The fourth-order valence-electron chi connectivity index (χ4n) is 0.237. The van der Waals surface area contributed by atoms with Crippen LogP contribution in [-0.2, 0) is 27.0 Å². The minimum absolute atomic E-state index is 0. The van der Waals surface area contributed by atoms with Crippen molar-refractivity contribution in [3.05, 3.63) is 0 Å². The molecule has 0 aliphatic heterocycles. The van der Waals surface area contributed by atoms with Gasteiger partial charge in [0.25, 0.3) is 0 Å². The summed E-state index contributed by atoms with van der Waals surface area (Å²) < 4.78 is 0. The van der Waals surface area contributed by atoms with Gasteiger partial charge in [-0.1, -0.05) is 6.92 Å². The summed E-state index contributed by atoms with van der Waals surface area (Å²) in [7, 11) is 0.